The molecule has 0 saturated heterocycles. The van der Waals surface area contributed by atoms with E-state index < -0.39 is 6.36 Å². The van der Waals surface area contributed by atoms with E-state index in [1.807, 2.05) is 0 Å². The number of nitrogens with one attached hydrogen (secondary N) is 2. The van der Waals surface area contributed by atoms with Gasteiger partial charge in [0.1, 0.15) is 11.6 Å². The lowest BCUT2D eigenvalue weighted by molar-refractivity contribution is -0.274. The monoisotopic (exact) mass is 378 g/mol. The fraction of sp³-hybridized carbons (Fsp3) is 0.222. The molecule has 142 valence electrons. The van der Waals surface area contributed by atoms with Crippen LogP contribution in [0.4, 0.5) is 24.7 Å². The third-order valence-corrected chi connectivity index (χ3v) is 3.77. The van der Waals surface area contributed by atoms with E-state index in [4.69, 9.17) is 5.73 Å². The molecule has 1 aromatic carbocycles. The van der Waals surface area contributed by atoms with Crippen LogP contribution in [0.1, 0.15) is 12.1 Å². The molecule has 2 aromatic heterocycles. The number of aromatic amines is 1. The number of hydrogen-bond acceptors (Lipinski definition) is 5. The van der Waals surface area contributed by atoms with E-state index in [-0.39, 0.29) is 17.1 Å². The maximum absolute atomic E-state index is 12.4. The van der Waals surface area contributed by atoms with Gasteiger partial charge in [0.05, 0.1) is 5.39 Å². The van der Waals surface area contributed by atoms with Gasteiger partial charge in [0.2, 0.25) is 0 Å². The molecule has 0 aliphatic rings. The van der Waals surface area contributed by atoms with Crippen molar-refractivity contribution in [3.05, 3.63) is 58.6 Å². The number of nitrogens with two attached hydrogens (primary N) is 1. The molecule has 3 aromatic rings. The summed E-state index contributed by atoms with van der Waals surface area (Å²) < 4.78 is 41.2. The summed E-state index contributed by atoms with van der Waals surface area (Å²) in [6.07, 6.45) is -1.93. The Kier molecular flexibility index (Phi) is 5.31. The van der Waals surface area contributed by atoms with Crippen molar-refractivity contribution in [2.24, 2.45) is 5.73 Å². The summed E-state index contributed by atoms with van der Waals surface area (Å²) in [4.78, 5) is 19.3. The summed E-state index contributed by atoms with van der Waals surface area (Å²) in [5, 5.41) is 3.91. The smallest absolute Gasteiger partial charge is 0.406 e. The third-order valence-electron chi connectivity index (χ3n) is 3.77. The molecule has 9 heteroatoms. The van der Waals surface area contributed by atoms with Gasteiger partial charge in [0, 0.05) is 23.6 Å². The number of benzene rings is 1. The minimum absolute atomic E-state index is 0.255. The summed E-state index contributed by atoms with van der Waals surface area (Å²) >= 11 is 0. The molecule has 0 unspecified atom stereocenters. The van der Waals surface area contributed by atoms with Crippen LogP contribution in [0.15, 0.2) is 47.4 Å². The third kappa shape index (κ3) is 4.76. The van der Waals surface area contributed by atoms with Crippen molar-refractivity contribution in [3.63, 3.8) is 0 Å². The SMILES string of the molecule is NCCCc1cc2cc[nH]c(=O)c2c(Nc2cccc(OC(F)(F)F)c2)n1. The van der Waals surface area contributed by atoms with Gasteiger partial charge in [-0.2, -0.15) is 0 Å². The normalized spacial score (nSPS) is 11.6. The highest BCUT2D eigenvalue weighted by atomic mass is 19.4. The number of halogens is 3. The largest absolute Gasteiger partial charge is 0.573 e. The predicted molar refractivity (Wildman–Crippen MR) is 96.1 cm³/mol. The van der Waals surface area contributed by atoms with Crippen LogP contribution >= 0.6 is 0 Å². The second-order valence-electron chi connectivity index (χ2n) is 5.83. The Bertz CT molecular complexity index is 1000. The van der Waals surface area contributed by atoms with E-state index in [0.717, 1.165) is 12.1 Å². The molecular weight excluding hydrogens is 361 g/mol. The van der Waals surface area contributed by atoms with E-state index >= 15 is 0 Å². The van der Waals surface area contributed by atoms with Crippen molar-refractivity contribution in [1.29, 1.82) is 0 Å². The van der Waals surface area contributed by atoms with Gasteiger partial charge in [-0.3, -0.25) is 4.79 Å². The Morgan fingerprint density at radius 3 is 2.78 bits per heavy atom. The van der Waals surface area contributed by atoms with Crippen molar-refractivity contribution in [3.8, 4) is 5.75 Å². The zero-order chi connectivity index (χ0) is 19.4. The van der Waals surface area contributed by atoms with Gasteiger partial charge in [-0.15, -0.1) is 13.2 Å². The molecule has 0 spiro atoms. The zero-order valence-electron chi connectivity index (χ0n) is 14.1. The average molecular weight is 378 g/mol. The number of aromatic nitrogens is 2. The molecular formula is C18H17F3N4O2. The highest BCUT2D eigenvalue weighted by molar-refractivity contribution is 5.92. The van der Waals surface area contributed by atoms with E-state index in [1.54, 1.807) is 18.2 Å². The summed E-state index contributed by atoms with van der Waals surface area (Å²) in [6.45, 7) is 0.495. The Morgan fingerprint density at radius 2 is 2.04 bits per heavy atom. The molecule has 0 amide bonds. The van der Waals surface area contributed by atoms with Crippen LogP contribution < -0.4 is 21.3 Å². The lowest BCUT2D eigenvalue weighted by Gasteiger charge is -2.13. The van der Waals surface area contributed by atoms with Gasteiger partial charge in [-0.05, 0) is 49.0 Å². The second-order valence-corrected chi connectivity index (χ2v) is 5.83. The van der Waals surface area contributed by atoms with Crippen LogP contribution in [0.25, 0.3) is 10.8 Å². The maximum atomic E-state index is 12.4. The Hall–Kier alpha value is -3.07. The van der Waals surface area contributed by atoms with Gasteiger partial charge in [-0.25, -0.2) is 4.98 Å². The molecule has 3 rings (SSSR count). The number of rotatable bonds is 6. The molecule has 0 aliphatic heterocycles. The Balaban J connectivity index is 2.00. The van der Waals surface area contributed by atoms with Crippen molar-refractivity contribution in [2.75, 3.05) is 11.9 Å². The molecule has 27 heavy (non-hydrogen) atoms. The summed E-state index contributed by atoms with van der Waals surface area (Å²) in [5.74, 6) is -0.115. The topological polar surface area (TPSA) is 93.0 Å². The number of hydrogen-bond donors (Lipinski definition) is 3. The minimum Gasteiger partial charge on any atom is -0.406 e. The highest BCUT2D eigenvalue weighted by Gasteiger charge is 2.31. The van der Waals surface area contributed by atoms with Crippen molar-refractivity contribution >= 4 is 22.3 Å². The molecule has 0 bridgehead atoms. The predicted octanol–water partition coefficient (Wildman–Crippen LogP) is 3.46. The maximum Gasteiger partial charge on any atom is 0.573 e. The van der Waals surface area contributed by atoms with Crippen LogP contribution in [0.5, 0.6) is 5.75 Å². The fourth-order valence-corrected chi connectivity index (χ4v) is 2.68. The number of alkyl halides is 3. The van der Waals surface area contributed by atoms with Crippen LogP contribution in [0.2, 0.25) is 0 Å². The van der Waals surface area contributed by atoms with E-state index in [1.165, 1.54) is 24.4 Å². The van der Waals surface area contributed by atoms with Gasteiger partial charge >= 0.3 is 6.36 Å². The van der Waals surface area contributed by atoms with E-state index in [2.05, 4.69) is 20.0 Å². The lowest BCUT2D eigenvalue weighted by Crippen LogP contribution is -2.17. The fourth-order valence-electron chi connectivity index (χ4n) is 2.68. The second kappa shape index (κ2) is 7.67. The van der Waals surface area contributed by atoms with Gasteiger partial charge < -0.3 is 20.8 Å². The number of H-pyrrole nitrogens is 1. The van der Waals surface area contributed by atoms with E-state index in [9.17, 15) is 18.0 Å². The van der Waals surface area contributed by atoms with Gasteiger partial charge in [-0.1, -0.05) is 6.07 Å². The van der Waals surface area contributed by atoms with Crippen LogP contribution in [0.3, 0.4) is 0 Å². The first-order chi connectivity index (χ1) is 12.9. The number of anilines is 2. The molecule has 2 heterocycles. The number of nitrogens with zero attached hydrogens (tertiary/aromatic N) is 1. The number of pyridine rings is 2. The van der Waals surface area contributed by atoms with Crippen LogP contribution in [-0.2, 0) is 6.42 Å². The molecule has 0 atom stereocenters. The summed E-state index contributed by atoms with van der Waals surface area (Å²) in [6, 6.07) is 8.88. The minimum atomic E-state index is -4.79. The average Bonchev–Trinajstić information content (AvgIpc) is 2.58. The number of fused-ring (bicyclic) bond motifs is 1. The van der Waals surface area contributed by atoms with Gasteiger partial charge in [0.15, 0.2) is 0 Å². The standard InChI is InChI=1S/C18H17F3N4O2/c19-18(20,21)27-14-5-1-3-13(10-14)25-16-15-11(6-8-23-17(15)26)9-12(24-16)4-2-7-22/h1,3,5-6,8-10H,2,4,7,22H2,(H,23,26)(H,24,25). The summed E-state index contributed by atoms with van der Waals surface area (Å²) in [7, 11) is 0. The molecule has 0 saturated carbocycles. The molecule has 4 N–H and O–H groups in total. The first-order valence-electron chi connectivity index (χ1n) is 8.20. The molecule has 0 fully saturated rings. The first-order valence-corrected chi connectivity index (χ1v) is 8.20. The molecule has 6 nitrogen and oxygen atoms in total. The summed E-state index contributed by atoms with van der Waals surface area (Å²) in [5.41, 5.74) is 6.22. The van der Waals surface area contributed by atoms with Crippen LogP contribution in [-0.4, -0.2) is 22.9 Å². The van der Waals surface area contributed by atoms with Crippen LogP contribution in [0, 0.1) is 0 Å². The van der Waals surface area contributed by atoms with E-state index in [0.29, 0.717) is 29.4 Å². The van der Waals surface area contributed by atoms with Crippen molar-refractivity contribution in [1.82, 2.24) is 9.97 Å². The number of aryl methyl sites for hydroxylation is 1. The quantitative estimate of drug-likeness (QED) is 0.611. The van der Waals surface area contributed by atoms with Gasteiger partial charge in [0.25, 0.3) is 5.56 Å². The van der Waals surface area contributed by atoms with Crippen molar-refractivity contribution < 1.29 is 17.9 Å². The lowest BCUT2D eigenvalue weighted by atomic mass is 10.1. The molecule has 0 radical (unpaired) electrons. The zero-order valence-corrected chi connectivity index (χ0v) is 14.1. The Labute approximate surface area is 152 Å². The first kappa shape index (κ1) is 18.7. The molecule has 0 aliphatic carbocycles. The number of ether oxygens (including phenoxy) is 1. The Morgan fingerprint density at radius 1 is 1.22 bits per heavy atom. The highest BCUT2D eigenvalue weighted by Crippen LogP contribution is 2.28. The van der Waals surface area contributed by atoms with Crippen molar-refractivity contribution in [2.45, 2.75) is 19.2 Å².